The van der Waals surface area contributed by atoms with Crippen molar-refractivity contribution in [3.05, 3.63) is 0 Å². The highest BCUT2D eigenvalue weighted by atomic mass is 16.6. The van der Waals surface area contributed by atoms with Gasteiger partial charge in [-0.15, -0.1) is 0 Å². The van der Waals surface area contributed by atoms with Gasteiger partial charge in [0.05, 0.1) is 22.8 Å². The van der Waals surface area contributed by atoms with E-state index in [1.54, 1.807) is 0 Å². The maximum Gasteiger partial charge on any atom is 0.327 e. The van der Waals surface area contributed by atoms with E-state index in [0.29, 0.717) is 25.7 Å². The molecule has 0 aromatic carbocycles. The minimum absolute atomic E-state index is 0.0176. The third kappa shape index (κ3) is 4.52. The Morgan fingerprint density at radius 2 is 1.67 bits per heavy atom. The van der Waals surface area contributed by atoms with Gasteiger partial charge < -0.3 is 18.9 Å². The molecule has 9 nitrogen and oxygen atoms in total. The van der Waals surface area contributed by atoms with E-state index in [1.165, 1.54) is 0 Å². The molecular formula is C30H43NO8. The van der Waals surface area contributed by atoms with Crippen LogP contribution in [0.4, 0.5) is 0 Å². The fourth-order valence-corrected chi connectivity index (χ4v) is 6.52. The first-order valence-electron chi connectivity index (χ1n) is 14.3. The Morgan fingerprint density at radius 3 is 2.26 bits per heavy atom. The van der Waals surface area contributed by atoms with Crippen LogP contribution in [-0.2, 0) is 38.1 Å². The van der Waals surface area contributed by atoms with Crippen LogP contribution in [0, 0.1) is 45.3 Å². The number of nitriles is 1. The minimum Gasteiger partial charge on any atom is -0.458 e. The zero-order chi connectivity index (χ0) is 29.2. The normalized spacial score (nSPS) is 39.7. The molecule has 2 saturated heterocycles. The van der Waals surface area contributed by atoms with Crippen molar-refractivity contribution in [2.24, 2.45) is 34.0 Å². The van der Waals surface area contributed by atoms with Gasteiger partial charge >= 0.3 is 23.9 Å². The number of fused-ring (bicyclic) bond motifs is 3. The van der Waals surface area contributed by atoms with Crippen LogP contribution in [0.15, 0.2) is 0 Å². The molecule has 0 radical (unpaired) electrons. The highest BCUT2D eigenvalue weighted by Crippen LogP contribution is 2.62. The molecule has 8 unspecified atom stereocenters. The van der Waals surface area contributed by atoms with Crippen molar-refractivity contribution < 1.29 is 38.1 Å². The predicted molar refractivity (Wildman–Crippen MR) is 138 cm³/mol. The van der Waals surface area contributed by atoms with Crippen LogP contribution in [0.5, 0.6) is 0 Å². The summed E-state index contributed by atoms with van der Waals surface area (Å²) in [6.45, 7) is 15.2. The van der Waals surface area contributed by atoms with E-state index >= 15 is 0 Å². The van der Waals surface area contributed by atoms with E-state index in [9.17, 15) is 24.4 Å². The van der Waals surface area contributed by atoms with Crippen molar-refractivity contribution >= 4 is 23.9 Å². The van der Waals surface area contributed by atoms with Crippen LogP contribution in [0.3, 0.4) is 0 Å². The number of ether oxygens (including phenoxy) is 4. The fourth-order valence-electron chi connectivity index (χ4n) is 6.52. The fraction of sp³-hybridized carbons (Fsp3) is 0.833. The molecule has 3 aliphatic carbocycles. The van der Waals surface area contributed by atoms with Gasteiger partial charge in [-0.25, -0.2) is 0 Å². The van der Waals surface area contributed by atoms with Gasteiger partial charge in [-0.3, -0.25) is 19.2 Å². The Bertz CT molecular complexity index is 1110. The van der Waals surface area contributed by atoms with Gasteiger partial charge in [0.2, 0.25) is 0 Å². The quantitative estimate of drug-likeness (QED) is 0.346. The average molecular weight is 546 g/mol. The zero-order valence-electron chi connectivity index (χ0n) is 24.5. The zero-order valence-corrected chi connectivity index (χ0v) is 24.5. The molecule has 216 valence electrons. The summed E-state index contributed by atoms with van der Waals surface area (Å²) in [5.41, 5.74) is -3.39. The van der Waals surface area contributed by atoms with Crippen molar-refractivity contribution in [2.45, 2.75) is 124 Å². The third-order valence-corrected chi connectivity index (χ3v) is 10.6. The molecule has 8 atom stereocenters. The second-order valence-electron chi connectivity index (χ2n) is 13.8. The molecule has 0 N–H and O–H groups in total. The van der Waals surface area contributed by atoms with E-state index in [4.69, 9.17) is 18.9 Å². The van der Waals surface area contributed by atoms with Crippen LogP contribution in [0.25, 0.3) is 0 Å². The van der Waals surface area contributed by atoms with Gasteiger partial charge in [0.15, 0.2) is 5.41 Å². The standard InChI is InChI=1S/C15H19NO4.C15H24O4/c1-4-14(2,3)12(17)19-10-8-5-9-11(10)20-13(18)15(9,6-8)7-16;1-6-13(2,3)12(17)19-14(4)8-7-10-9-15(14,5)18-11(10)16/h8-11H,4-6H2,1-3H3;10H,6-9H2,1-5H3. The first-order chi connectivity index (χ1) is 18.0. The number of hydrogen-bond acceptors (Lipinski definition) is 9. The molecule has 0 aromatic rings. The molecule has 3 saturated carbocycles. The van der Waals surface area contributed by atoms with Crippen molar-refractivity contribution in [1.29, 1.82) is 5.26 Å². The van der Waals surface area contributed by atoms with Gasteiger partial charge in [0.25, 0.3) is 0 Å². The summed E-state index contributed by atoms with van der Waals surface area (Å²) >= 11 is 0. The van der Waals surface area contributed by atoms with Gasteiger partial charge in [-0.1, -0.05) is 13.8 Å². The van der Waals surface area contributed by atoms with E-state index in [1.807, 2.05) is 55.4 Å². The Kier molecular flexibility index (Phi) is 7.14. The first kappa shape index (κ1) is 29.4. The molecule has 0 amide bonds. The van der Waals surface area contributed by atoms with Gasteiger partial charge in [0.1, 0.15) is 23.4 Å². The molecule has 0 aromatic heterocycles. The smallest absolute Gasteiger partial charge is 0.327 e. The predicted octanol–water partition coefficient (Wildman–Crippen LogP) is 4.65. The van der Waals surface area contributed by atoms with Gasteiger partial charge in [-0.05, 0) is 80.1 Å². The molecule has 9 heteroatoms. The molecule has 2 aliphatic heterocycles. The molecule has 5 aliphatic rings. The lowest BCUT2D eigenvalue weighted by Crippen LogP contribution is -2.55. The third-order valence-electron chi connectivity index (χ3n) is 10.6. The summed E-state index contributed by atoms with van der Waals surface area (Å²) in [4.78, 5) is 48.2. The number of nitrogens with zero attached hydrogens (tertiary/aromatic N) is 1. The average Bonchev–Trinajstić information content (AvgIpc) is 3.55. The summed E-state index contributed by atoms with van der Waals surface area (Å²) in [7, 11) is 0. The van der Waals surface area contributed by atoms with Crippen LogP contribution in [0.2, 0.25) is 0 Å². The second kappa shape index (κ2) is 9.49. The van der Waals surface area contributed by atoms with Crippen molar-refractivity contribution in [1.82, 2.24) is 0 Å². The molecule has 4 bridgehead atoms. The summed E-state index contributed by atoms with van der Waals surface area (Å²) < 4.78 is 22.3. The van der Waals surface area contributed by atoms with Crippen molar-refractivity contribution in [3.8, 4) is 6.07 Å². The minimum atomic E-state index is -0.974. The topological polar surface area (TPSA) is 129 Å². The van der Waals surface area contributed by atoms with Gasteiger partial charge in [-0.2, -0.15) is 5.26 Å². The Morgan fingerprint density at radius 1 is 1.05 bits per heavy atom. The number of hydrogen-bond donors (Lipinski definition) is 0. The molecule has 0 spiro atoms. The second-order valence-corrected chi connectivity index (χ2v) is 13.8. The number of carbonyl (C=O) groups is 4. The number of carbonyl (C=O) groups excluding carboxylic acids is 4. The van der Waals surface area contributed by atoms with Crippen molar-refractivity contribution in [3.63, 3.8) is 0 Å². The van der Waals surface area contributed by atoms with E-state index in [0.717, 1.165) is 19.3 Å². The SMILES string of the molecule is CCC(C)(C)C(=O)OC1(C)CCC2CC1(C)OC2=O.CCC(C)(C)C(=O)OC1C2CC3C1OC(=O)C3(C#N)C2. The maximum atomic E-state index is 12.3. The van der Waals surface area contributed by atoms with E-state index < -0.39 is 39.5 Å². The summed E-state index contributed by atoms with van der Waals surface area (Å²) in [6.07, 6.45) is 3.92. The lowest BCUT2D eigenvalue weighted by atomic mass is 9.71. The van der Waals surface area contributed by atoms with Crippen LogP contribution in [0.1, 0.15) is 100 Å². The largest absolute Gasteiger partial charge is 0.458 e. The Balaban J connectivity index is 0.000000181. The Labute approximate surface area is 231 Å². The lowest BCUT2D eigenvalue weighted by molar-refractivity contribution is -0.204. The van der Waals surface area contributed by atoms with Crippen molar-refractivity contribution in [2.75, 3.05) is 0 Å². The molecule has 39 heavy (non-hydrogen) atoms. The molecule has 5 rings (SSSR count). The highest BCUT2D eigenvalue weighted by molar-refractivity contribution is 5.85. The van der Waals surface area contributed by atoms with Crippen LogP contribution >= 0.6 is 0 Å². The summed E-state index contributed by atoms with van der Waals surface area (Å²) in [5.74, 6) is -1.07. The molecule has 2 heterocycles. The molecular weight excluding hydrogens is 502 g/mol. The summed E-state index contributed by atoms with van der Waals surface area (Å²) in [6, 6.07) is 2.15. The van der Waals surface area contributed by atoms with E-state index in [-0.39, 0.29) is 41.8 Å². The monoisotopic (exact) mass is 545 g/mol. The lowest BCUT2D eigenvalue weighted by Gasteiger charge is -2.45. The Hall–Kier alpha value is -2.63. The number of esters is 4. The number of rotatable bonds is 6. The van der Waals surface area contributed by atoms with Gasteiger partial charge in [0, 0.05) is 18.3 Å². The van der Waals surface area contributed by atoms with Crippen LogP contribution < -0.4 is 0 Å². The van der Waals surface area contributed by atoms with Crippen LogP contribution in [-0.4, -0.2) is 47.3 Å². The first-order valence-corrected chi connectivity index (χ1v) is 14.3. The van der Waals surface area contributed by atoms with E-state index in [2.05, 4.69) is 6.07 Å². The maximum absolute atomic E-state index is 12.3. The molecule has 5 fully saturated rings. The highest BCUT2D eigenvalue weighted by Gasteiger charge is 2.72. The summed E-state index contributed by atoms with van der Waals surface area (Å²) in [5, 5.41) is 9.31.